The van der Waals surface area contributed by atoms with E-state index in [1.807, 2.05) is 30.3 Å². The number of aliphatic hydroxyl groups is 1. The van der Waals surface area contributed by atoms with E-state index in [2.05, 4.69) is 15.8 Å². The van der Waals surface area contributed by atoms with Crippen molar-refractivity contribution in [2.75, 3.05) is 5.43 Å². The first-order valence-corrected chi connectivity index (χ1v) is 6.23. The standard InChI is InChI=1S/C14H14ClN3O/c15-14-7-6-13(8-12(14)10-19)17-18-16-9-11-4-2-1-3-5-11/h1-8,19H,9-10H2,(H,16,17). The van der Waals surface area contributed by atoms with Gasteiger partial charge in [-0.15, -0.1) is 0 Å². The highest BCUT2D eigenvalue weighted by Crippen LogP contribution is 2.20. The molecule has 98 valence electrons. The number of rotatable bonds is 5. The van der Waals surface area contributed by atoms with Crippen molar-refractivity contribution in [3.05, 3.63) is 64.7 Å². The monoisotopic (exact) mass is 275 g/mol. The molecular formula is C14H14ClN3O. The molecule has 0 amide bonds. The Hall–Kier alpha value is -1.91. The van der Waals surface area contributed by atoms with Crippen LogP contribution in [-0.2, 0) is 13.2 Å². The van der Waals surface area contributed by atoms with Crippen molar-refractivity contribution in [1.82, 2.24) is 0 Å². The number of nitrogens with one attached hydrogen (secondary N) is 1. The Kier molecular flexibility index (Phi) is 4.89. The van der Waals surface area contributed by atoms with E-state index >= 15 is 0 Å². The number of anilines is 1. The number of halogens is 1. The summed E-state index contributed by atoms with van der Waals surface area (Å²) >= 11 is 5.90. The second kappa shape index (κ2) is 6.87. The molecular weight excluding hydrogens is 262 g/mol. The summed E-state index contributed by atoms with van der Waals surface area (Å²) in [4.78, 5) is 0. The van der Waals surface area contributed by atoms with Gasteiger partial charge < -0.3 is 5.11 Å². The predicted octanol–water partition coefficient (Wildman–Crippen LogP) is 3.81. The van der Waals surface area contributed by atoms with E-state index in [9.17, 15) is 0 Å². The first-order chi connectivity index (χ1) is 9.29. The number of hydrogen-bond donors (Lipinski definition) is 2. The van der Waals surface area contributed by atoms with Crippen molar-refractivity contribution in [2.45, 2.75) is 13.2 Å². The zero-order valence-electron chi connectivity index (χ0n) is 10.3. The molecule has 0 bridgehead atoms. The van der Waals surface area contributed by atoms with E-state index < -0.39 is 0 Å². The van der Waals surface area contributed by atoms with Gasteiger partial charge in [0, 0.05) is 5.02 Å². The van der Waals surface area contributed by atoms with Crippen LogP contribution in [0.15, 0.2) is 58.9 Å². The molecule has 2 aromatic rings. The van der Waals surface area contributed by atoms with Gasteiger partial charge in [-0.1, -0.05) is 47.2 Å². The second-order valence-electron chi connectivity index (χ2n) is 3.96. The summed E-state index contributed by atoms with van der Waals surface area (Å²) in [6.45, 7) is 0.420. The fourth-order valence-electron chi connectivity index (χ4n) is 1.56. The average Bonchev–Trinajstić information content (AvgIpc) is 2.46. The fourth-order valence-corrected chi connectivity index (χ4v) is 1.74. The van der Waals surface area contributed by atoms with Gasteiger partial charge in [-0.3, -0.25) is 5.43 Å². The zero-order chi connectivity index (χ0) is 13.5. The Bertz CT molecular complexity index is 558. The molecule has 0 aliphatic rings. The number of aliphatic hydroxyl groups excluding tert-OH is 1. The van der Waals surface area contributed by atoms with Gasteiger partial charge in [0.15, 0.2) is 0 Å². The van der Waals surface area contributed by atoms with Crippen LogP contribution in [-0.4, -0.2) is 5.11 Å². The lowest BCUT2D eigenvalue weighted by molar-refractivity contribution is 0.282. The van der Waals surface area contributed by atoms with E-state index in [1.54, 1.807) is 18.2 Å². The molecule has 0 saturated carbocycles. The number of nitrogens with zero attached hydrogens (tertiary/aromatic N) is 2. The Morgan fingerprint density at radius 1 is 1.11 bits per heavy atom. The SMILES string of the molecule is OCc1cc(NN=NCc2ccccc2)ccc1Cl. The maximum atomic E-state index is 9.10. The van der Waals surface area contributed by atoms with Crippen molar-refractivity contribution in [1.29, 1.82) is 0 Å². The van der Waals surface area contributed by atoms with Crippen LogP contribution in [0.25, 0.3) is 0 Å². The topological polar surface area (TPSA) is 57.0 Å². The quantitative estimate of drug-likeness (QED) is 0.644. The maximum Gasteiger partial charge on any atom is 0.0870 e. The largest absolute Gasteiger partial charge is 0.392 e. The summed E-state index contributed by atoms with van der Waals surface area (Å²) < 4.78 is 0. The maximum absolute atomic E-state index is 9.10. The highest BCUT2D eigenvalue weighted by Gasteiger charge is 1.99. The molecule has 0 heterocycles. The lowest BCUT2D eigenvalue weighted by Crippen LogP contribution is -1.91. The van der Waals surface area contributed by atoms with E-state index in [1.165, 1.54) is 0 Å². The van der Waals surface area contributed by atoms with Crippen molar-refractivity contribution in [2.24, 2.45) is 10.3 Å². The average molecular weight is 276 g/mol. The van der Waals surface area contributed by atoms with Gasteiger partial charge in [0.1, 0.15) is 0 Å². The highest BCUT2D eigenvalue weighted by atomic mass is 35.5. The molecule has 0 atom stereocenters. The van der Waals surface area contributed by atoms with E-state index in [0.717, 1.165) is 11.3 Å². The molecule has 0 radical (unpaired) electrons. The molecule has 5 heteroatoms. The van der Waals surface area contributed by atoms with Crippen molar-refractivity contribution >= 4 is 17.3 Å². The Morgan fingerprint density at radius 3 is 2.63 bits per heavy atom. The van der Waals surface area contributed by atoms with Crippen molar-refractivity contribution in [3.63, 3.8) is 0 Å². The Balaban J connectivity index is 1.92. The van der Waals surface area contributed by atoms with E-state index in [-0.39, 0.29) is 6.61 Å². The molecule has 4 nitrogen and oxygen atoms in total. The molecule has 0 spiro atoms. The van der Waals surface area contributed by atoms with Crippen LogP contribution in [0.5, 0.6) is 0 Å². The van der Waals surface area contributed by atoms with Gasteiger partial charge in [-0.2, -0.15) is 5.11 Å². The van der Waals surface area contributed by atoms with Crippen LogP contribution < -0.4 is 5.43 Å². The minimum Gasteiger partial charge on any atom is -0.392 e. The van der Waals surface area contributed by atoms with Crippen molar-refractivity contribution < 1.29 is 5.11 Å². The summed E-state index contributed by atoms with van der Waals surface area (Å²) in [5, 5.41) is 17.6. The third-order valence-electron chi connectivity index (χ3n) is 2.56. The first-order valence-electron chi connectivity index (χ1n) is 5.85. The van der Waals surface area contributed by atoms with Gasteiger partial charge >= 0.3 is 0 Å². The van der Waals surface area contributed by atoms with Crippen LogP contribution >= 0.6 is 11.6 Å². The minimum absolute atomic E-state index is 0.102. The zero-order valence-corrected chi connectivity index (χ0v) is 11.0. The lowest BCUT2D eigenvalue weighted by Gasteiger charge is -2.03. The molecule has 0 unspecified atom stereocenters. The summed E-state index contributed by atoms with van der Waals surface area (Å²) in [6, 6.07) is 15.1. The minimum atomic E-state index is -0.102. The molecule has 2 aromatic carbocycles. The highest BCUT2D eigenvalue weighted by molar-refractivity contribution is 6.31. The van der Waals surface area contributed by atoms with Gasteiger partial charge in [0.2, 0.25) is 0 Å². The molecule has 0 saturated heterocycles. The van der Waals surface area contributed by atoms with Crippen LogP contribution in [0, 0.1) is 0 Å². The second-order valence-corrected chi connectivity index (χ2v) is 4.37. The fraction of sp³-hybridized carbons (Fsp3) is 0.143. The third-order valence-corrected chi connectivity index (χ3v) is 2.93. The van der Waals surface area contributed by atoms with Crippen molar-refractivity contribution in [3.8, 4) is 0 Å². The normalized spacial score (nSPS) is 10.8. The lowest BCUT2D eigenvalue weighted by atomic mass is 10.2. The van der Waals surface area contributed by atoms with E-state index in [0.29, 0.717) is 17.1 Å². The van der Waals surface area contributed by atoms with Gasteiger partial charge in [-0.05, 0) is 29.3 Å². The van der Waals surface area contributed by atoms with Gasteiger partial charge in [0.25, 0.3) is 0 Å². The Morgan fingerprint density at radius 2 is 1.89 bits per heavy atom. The summed E-state index contributed by atoms with van der Waals surface area (Å²) in [7, 11) is 0. The van der Waals surface area contributed by atoms with Crippen LogP contribution in [0.3, 0.4) is 0 Å². The number of benzene rings is 2. The molecule has 2 N–H and O–H groups in total. The predicted molar refractivity (Wildman–Crippen MR) is 76.0 cm³/mol. The van der Waals surface area contributed by atoms with Gasteiger partial charge in [-0.25, -0.2) is 0 Å². The smallest absolute Gasteiger partial charge is 0.0870 e. The molecule has 0 aromatic heterocycles. The molecule has 2 rings (SSSR count). The van der Waals surface area contributed by atoms with Gasteiger partial charge in [0.05, 0.1) is 18.8 Å². The Labute approximate surface area is 116 Å². The summed E-state index contributed by atoms with van der Waals surface area (Å²) in [5.74, 6) is 0. The first kappa shape index (κ1) is 13.5. The van der Waals surface area contributed by atoms with Crippen LogP contribution in [0.2, 0.25) is 5.02 Å². The molecule has 19 heavy (non-hydrogen) atoms. The van der Waals surface area contributed by atoms with Crippen LogP contribution in [0.4, 0.5) is 5.69 Å². The summed E-state index contributed by atoms with van der Waals surface area (Å²) in [6.07, 6.45) is 0. The third kappa shape index (κ3) is 4.05. The summed E-state index contributed by atoms with van der Waals surface area (Å²) in [5.41, 5.74) is 5.30. The molecule has 0 aliphatic heterocycles. The van der Waals surface area contributed by atoms with E-state index in [4.69, 9.17) is 16.7 Å². The van der Waals surface area contributed by atoms with Crippen LogP contribution in [0.1, 0.15) is 11.1 Å². The molecule has 0 aliphatic carbocycles. The number of hydrogen-bond acceptors (Lipinski definition) is 3. The molecule has 0 fully saturated rings.